The number of para-hydroxylation sites is 3. The van der Waals surface area contributed by atoms with Gasteiger partial charge < -0.3 is 30.6 Å². The molecule has 0 saturated carbocycles. The summed E-state index contributed by atoms with van der Waals surface area (Å²) in [6, 6.07) is 16.6. The molecule has 3 radical (unpaired) electrons. The second kappa shape index (κ2) is 13.3. The molecule has 0 unspecified atom stereocenters. The molecule has 3 aromatic carbocycles. The number of hydrogen-bond donors (Lipinski definition) is 3. The van der Waals surface area contributed by atoms with E-state index in [1.807, 2.05) is 0 Å². The first-order valence-electron chi connectivity index (χ1n) is 8.13. The maximum Gasteiger partial charge on any atom is 0.335 e. The molecule has 9 nitrogen and oxygen atoms in total. The topological polar surface area (TPSA) is 181 Å². The third kappa shape index (κ3) is 8.91. The number of carboxylic acids is 3. The lowest BCUT2D eigenvalue weighted by molar-refractivity contribution is -0.269. The van der Waals surface area contributed by atoms with Crippen LogP contribution in [0.1, 0.15) is 31.1 Å². The lowest BCUT2D eigenvalue weighted by Gasteiger charge is -2.07. The van der Waals surface area contributed by atoms with Crippen molar-refractivity contribution in [2.75, 3.05) is 0 Å². The fourth-order valence-electron chi connectivity index (χ4n) is 1.93. The molecule has 0 bridgehead atoms. The maximum absolute atomic E-state index is 10.7. The van der Waals surface area contributed by atoms with Gasteiger partial charge in [0.25, 0.3) is 0 Å². The molecule has 10 heteroatoms. The van der Waals surface area contributed by atoms with Crippen LogP contribution in [0.2, 0.25) is 0 Å². The molecule has 0 aliphatic carbocycles. The summed E-state index contributed by atoms with van der Waals surface area (Å²) in [7, 11) is 0. The summed E-state index contributed by atoms with van der Waals surface area (Å²) in [5.74, 6) is -4.87. The molecular weight excluding hydrogens is 423 g/mol. The normalized spacial score (nSPS) is 8.90. The average molecular weight is 438 g/mol. The van der Waals surface area contributed by atoms with E-state index in [1.165, 1.54) is 72.8 Å². The molecular formula is C21H15AlO9-3. The van der Waals surface area contributed by atoms with Gasteiger partial charge in [0.2, 0.25) is 0 Å². The van der Waals surface area contributed by atoms with Crippen molar-refractivity contribution in [2.45, 2.75) is 0 Å². The van der Waals surface area contributed by atoms with Crippen LogP contribution in [0.4, 0.5) is 0 Å². The van der Waals surface area contributed by atoms with Gasteiger partial charge in [-0.2, -0.15) is 0 Å². The van der Waals surface area contributed by atoms with Crippen LogP contribution < -0.4 is 15.3 Å². The van der Waals surface area contributed by atoms with E-state index in [2.05, 4.69) is 0 Å². The zero-order valence-corrected chi connectivity index (χ0v) is 17.0. The van der Waals surface area contributed by atoms with E-state index in [0.717, 1.165) is 0 Å². The van der Waals surface area contributed by atoms with Crippen molar-refractivity contribution < 1.29 is 45.0 Å². The van der Waals surface area contributed by atoms with Gasteiger partial charge in [0.1, 0.15) is 0 Å². The first kappa shape index (κ1) is 27.0. The van der Waals surface area contributed by atoms with Gasteiger partial charge in [-0.25, -0.2) is 14.4 Å². The summed E-state index contributed by atoms with van der Waals surface area (Å²) in [6.07, 6.45) is 0. The lowest BCUT2D eigenvalue weighted by atomic mass is 10.2. The lowest BCUT2D eigenvalue weighted by Crippen LogP contribution is -2.02. The molecule has 0 aliphatic rings. The van der Waals surface area contributed by atoms with E-state index in [-0.39, 0.29) is 34.1 Å². The van der Waals surface area contributed by atoms with E-state index in [9.17, 15) is 29.7 Å². The third-order valence-corrected chi connectivity index (χ3v) is 3.35. The predicted octanol–water partition coefficient (Wildman–Crippen LogP) is 0.994. The SMILES string of the molecule is O=C(O)c1ccccc1[O-].O=C(O)c1ccccc1[O-].O=C(O)c1ccccc1[O-].[Al]. The van der Waals surface area contributed by atoms with Gasteiger partial charge in [0.05, 0.1) is 16.7 Å². The van der Waals surface area contributed by atoms with Crippen LogP contribution in [-0.4, -0.2) is 50.6 Å². The van der Waals surface area contributed by atoms with Crippen molar-refractivity contribution in [3.8, 4) is 17.2 Å². The molecule has 0 atom stereocenters. The highest BCUT2D eigenvalue weighted by Gasteiger charge is 2.01. The second-order valence-corrected chi connectivity index (χ2v) is 5.40. The maximum atomic E-state index is 10.7. The Bertz CT molecular complexity index is 903. The van der Waals surface area contributed by atoms with Crippen molar-refractivity contribution in [3.05, 3.63) is 89.5 Å². The Morgan fingerprint density at radius 3 is 0.806 bits per heavy atom. The van der Waals surface area contributed by atoms with Crippen molar-refractivity contribution in [2.24, 2.45) is 0 Å². The fraction of sp³-hybridized carbons (Fsp3) is 0. The Morgan fingerprint density at radius 2 is 0.677 bits per heavy atom. The van der Waals surface area contributed by atoms with E-state index < -0.39 is 35.2 Å². The molecule has 3 aromatic rings. The number of benzene rings is 3. The smallest absolute Gasteiger partial charge is 0.335 e. The highest BCUT2D eigenvalue weighted by Crippen LogP contribution is 2.12. The summed E-state index contributed by atoms with van der Waals surface area (Å²) in [5.41, 5.74) is -0.535. The molecule has 0 amide bonds. The van der Waals surface area contributed by atoms with Crippen molar-refractivity contribution in [1.29, 1.82) is 0 Å². The number of rotatable bonds is 3. The van der Waals surface area contributed by atoms with Crippen LogP contribution in [0, 0.1) is 0 Å². The Balaban J connectivity index is 0.000000429. The molecule has 0 saturated heterocycles. The van der Waals surface area contributed by atoms with Gasteiger partial charge in [0.15, 0.2) is 0 Å². The Labute approximate surface area is 187 Å². The van der Waals surface area contributed by atoms with Crippen molar-refractivity contribution in [3.63, 3.8) is 0 Å². The minimum Gasteiger partial charge on any atom is -0.872 e. The molecule has 0 heterocycles. The van der Waals surface area contributed by atoms with Gasteiger partial charge in [-0.1, -0.05) is 71.8 Å². The summed E-state index contributed by atoms with van der Waals surface area (Å²) >= 11 is 0. The second-order valence-electron chi connectivity index (χ2n) is 5.40. The Morgan fingerprint density at radius 1 is 0.484 bits per heavy atom. The number of carbonyl (C=O) groups is 3. The van der Waals surface area contributed by atoms with E-state index in [0.29, 0.717) is 0 Å². The van der Waals surface area contributed by atoms with Gasteiger partial charge in [-0.3, -0.25) is 0 Å². The summed E-state index contributed by atoms with van der Waals surface area (Å²) in [6.45, 7) is 0. The quantitative estimate of drug-likeness (QED) is 0.502. The van der Waals surface area contributed by atoms with Crippen molar-refractivity contribution >= 4 is 35.3 Å². The largest absolute Gasteiger partial charge is 0.872 e. The molecule has 0 spiro atoms. The predicted molar refractivity (Wildman–Crippen MR) is 104 cm³/mol. The third-order valence-electron chi connectivity index (χ3n) is 3.35. The van der Waals surface area contributed by atoms with Crippen LogP contribution in [0.25, 0.3) is 0 Å². The summed E-state index contributed by atoms with van der Waals surface area (Å²) in [5, 5.41) is 57.1. The van der Waals surface area contributed by atoms with Crippen LogP contribution in [0.15, 0.2) is 72.8 Å². The van der Waals surface area contributed by atoms with Gasteiger partial charge >= 0.3 is 17.9 Å². The number of aromatic carboxylic acids is 3. The van der Waals surface area contributed by atoms with Crippen LogP contribution in [0.3, 0.4) is 0 Å². The van der Waals surface area contributed by atoms with Crippen LogP contribution in [-0.2, 0) is 0 Å². The monoisotopic (exact) mass is 438 g/mol. The van der Waals surface area contributed by atoms with Gasteiger partial charge in [-0.05, 0) is 18.2 Å². The standard InChI is InChI=1S/3C7H6O3.Al/c3*8-6-4-2-1-3-5(6)7(9)10;/h3*1-4,8H,(H,9,10);/p-3. The molecule has 0 aromatic heterocycles. The highest BCUT2D eigenvalue weighted by atomic mass is 27.0. The number of carboxylic acid groups (broad SMARTS) is 3. The van der Waals surface area contributed by atoms with E-state index in [4.69, 9.17) is 15.3 Å². The zero-order valence-electron chi connectivity index (χ0n) is 15.8. The summed E-state index contributed by atoms with van der Waals surface area (Å²) in [4.78, 5) is 30.7. The first-order chi connectivity index (χ1) is 14.1. The van der Waals surface area contributed by atoms with Gasteiger partial charge in [0, 0.05) is 17.4 Å². The summed E-state index contributed by atoms with van der Waals surface area (Å²) < 4.78 is 0. The molecule has 31 heavy (non-hydrogen) atoms. The molecule has 3 N–H and O–H groups in total. The Hall–Kier alpha value is -4.00. The van der Waals surface area contributed by atoms with Gasteiger partial charge in [-0.15, -0.1) is 0 Å². The van der Waals surface area contributed by atoms with Crippen molar-refractivity contribution in [1.82, 2.24) is 0 Å². The molecule has 159 valence electrons. The van der Waals surface area contributed by atoms with E-state index in [1.54, 1.807) is 0 Å². The molecule has 0 aliphatic heterocycles. The minimum absolute atomic E-state index is 0. The number of hydrogen-bond acceptors (Lipinski definition) is 6. The average Bonchev–Trinajstić information content (AvgIpc) is 2.69. The van der Waals surface area contributed by atoms with E-state index >= 15 is 0 Å². The Kier molecular flexibility index (Phi) is 11.6. The fourth-order valence-corrected chi connectivity index (χ4v) is 1.93. The highest BCUT2D eigenvalue weighted by molar-refractivity contribution is 5.91. The first-order valence-corrected chi connectivity index (χ1v) is 8.13. The zero-order chi connectivity index (χ0) is 22.7. The minimum atomic E-state index is -1.18. The molecule has 0 fully saturated rings. The van der Waals surface area contributed by atoms with Crippen LogP contribution >= 0.6 is 0 Å². The van der Waals surface area contributed by atoms with Crippen LogP contribution in [0.5, 0.6) is 17.2 Å². The molecule has 3 rings (SSSR count).